The summed E-state index contributed by atoms with van der Waals surface area (Å²) in [6.07, 6.45) is 3.45. The number of nitrogens with one attached hydrogen (secondary N) is 1. The van der Waals surface area contributed by atoms with E-state index in [2.05, 4.69) is 15.1 Å². The Bertz CT molecular complexity index is 1300. The molecule has 0 aliphatic carbocycles. The minimum Gasteiger partial charge on any atom is -0.507 e. The van der Waals surface area contributed by atoms with Crippen molar-refractivity contribution >= 4 is 28.7 Å². The first-order valence-electron chi connectivity index (χ1n) is 9.45. The molecule has 0 saturated carbocycles. The van der Waals surface area contributed by atoms with Gasteiger partial charge in [0.1, 0.15) is 5.75 Å². The van der Waals surface area contributed by atoms with Crippen LogP contribution in [0.3, 0.4) is 0 Å². The summed E-state index contributed by atoms with van der Waals surface area (Å²) < 4.78 is 2.10. The van der Waals surface area contributed by atoms with Gasteiger partial charge in [0.05, 0.1) is 16.7 Å². The van der Waals surface area contributed by atoms with Crippen molar-refractivity contribution in [1.29, 1.82) is 0 Å². The minimum atomic E-state index is -0.745. The number of rotatable bonds is 6. The molecular formula is C23H18N4O4. The number of fused-ring (bicyclic) bond motifs is 1. The summed E-state index contributed by atoms with van der Waals surface area (Å²) in [5.74, 6) is -1.11. The molecule has 31 heavy (non-hydrogen) atoms. The first kappa shape index (κ1) is 19.8. The number of carbonyl (C=O) groups excluding carboxylic acids is 1. The highest BCUT2D eigenvalue weighted by Crippen LogP contribution is 2.23. The van der Waals surface area contributed by atoms with Crippen LogP contribution in [-0.2, 0) is 6.54 Å². The summed E-state index contributed by atoms with van der Waals surface area (Å²) in [6.45, 7) is 0.684. The number of non-ortho nitro benzene ring substituents is 1. The zero-order valence-electron chi connectivity index (χ0n) is 16.3. The molecule has 8 nitrogen and oxygen atoms in total. The van der Waals surface area contributed by atoms with E-state index < -0.39 is 10.8 Å². The molecule has 0 fully saturated rings. The SMILES string of the molecule is O=C(N/N=C\c1cn(Cc2ccccc2)c2ccccc12)c1cc([N+](=O)[O-])ccc1O. The van der Waals surface area contributed by atoms with Crippen molar-refractivity contribution in [2.24, 2.45) is 5.10 Å². The van der Waals surface area contributed by atoms with Crippen molar-refractivity contribution in [2.45, 2.75) is 6.54 Å². The quantitative estimate of drug-likeness (QED) is 0.281. The minimum absolute atomic E-state index is 0.224. The van der Waals surface area contributed by atoms with Crippen molar-refractivity contribution in [1.82, 2.24) is 9.99 Å². The molecule has 154 valence electrons. The Morgan fingerprint density at radius 2 is 1.84 bits per heavy atom. The third kappa shape index (κ3) is 4.27. The van der Waals surface area contributed by atoms with Gasteiger partial charge in [-0.2, -0.15) is 5.10 Å². The van der Waals surface area contributed by atoms with Crippen molar-refractivity contribution in [3.05, 3.63) is 106 Å². The van der Waals surface area contributed by atoms with Gasteiger partial charge >= 0.3 is 0 Å². The van der Waals surface area contributed by atoms with E-state index in [-0.39, 0.29) is 17.0 Å². The monoisotopic (exact) mass is 414 g/mol. The Morgan fingerprint density at radius 1 is 1.10 bits per heavy atom. The number of nitro groups is 1. The van der Waals surface area contributed by atoms with E-state index in [1.54, 1.807) is 0 Å². The molecule has 2 N–H and O–H groups in total. The molecule has 0 spiro atoms. The van der Waals surface area contributed by atoms with E-state index in [0.717, 1.165) is 40.2 Å². The van der Waals surface area contributed by atoms with Crippen LogP contribution in [0.5, 0.6) is 5.75 Å². The summed E-state index contributed by atoms with van der Waals surface area (Å²) in [7, 11) is 0. The highest BCUT2D eigenvalue weighted by molar-refractivity contribution is 6.01. The van der Waals surface area contributed by atoms with Crippen LogP contribution in [0.2, 0.25) is 0 Å². The average molecular weight is 414 g/mol. The number of phenolic OH excluding ortho intramolecular Hbond substituents is 1. The highest BCUT2D eigenvalue weighted by atomic mass is 16.6. The van der Waals surface area contributed by atoms with Gasteiger partial charge in [0.2, 0.25) is 0 Å². The van der Waals surface area contributed by atoms with E-state index in [4.69, 9.17) is 0 Å². The fourth-order valence-electron chi connectivity index (χ4n) is 3.33. The standard InChI is InChI=1S/C23H18N4O4/c28-22-11-10-18(27(30)31)12-20(22)23(29)25-24-13-17-15-26(14-16-6-2-1-3-7-16)21-9-5-4-8-19(17)21/h1-13,15,28H,14H2,(H,25,29)/b24-13-. The molecule has 8 heteroatoms. The molecule has 1 heterocycles. The molecule has 4 aromatic rings. The van der Waals surface area contributed by atoms with Crippen LogP contribution in [0.1, 0.15) is 21.5 Å². The number of hydrogen-bond acceptors (Lipinski definition) is 5. The molecule has 0 aliphatic heterocycles. The van der Waals surface area contributed by atoms with Crippen LogP contribution >= 0.6 is 0 Å². The molecule has 0 atom stereocenters. The lowest BCUT2D eigenvalue weighted by Gasteiger charge is -2.05. The number of amides is 1. The molecule has 0 radical (unpaired) electrons. The largest absolute Gasteiger partial charge is 0.507 e. The summed E-state index contributed by atoms with van der Waals surface area (Å²) in [4.78, 5) is 22.6. The predicted molar refractivity (Wildman–Crippen MR) is 117 cm³/mol. The Morgan fingerprint density at radius 3 is 2.61 bits per heavy atom. The van der Waals surface area contributed by atoms with Gasteiger partial charge in [0.25, 0.3) is 11.6 Å². The Kier molecular flexibility index (Phi) is 5.44. The number of hydrogen-bond donors (Lipinski definition) is 2. The number of aromatic nitrogens is 1. The summed E-state index contributed by atoms with van der Waals surface area (Å²) >= 11 is 0. The molecule has 0 unspecified atom stereocenters. The van der Waals surface area contributed by atoms with Crippen molar-refractivity contribution < 1.29 is 14.8 Å². The maximum absolute atomic E-state index is 12.3. The smallest absolute Gasteiger partial charge is 0.275 e. The first-order valence-corrected chi connectivity index (χ1v) is 9.45. The predicted octanol–water partition coefficient (Wildman–Crippen LogP) is 4.07. The summed E-state index contributed by atoms with van der Waals surface area (Å²) in [5.41, 5.74) is 4.78. The van der Waals surface area contributed by atoms with E-state index in [1.165, 1.54) is 6.21 Å². The van der Waals surface area contributed by atoms with Crippen LogP contribution in [0.25, 0.3) is 10.9 Å². The third-order valence-electron chi connectivity index (χ3n) is 4.82. The Hall–Kier alpha value is -4.46. The highest BCUT2D eigenvalue weighted by Gasteiger charge is 2.16. The lowest BCUT2D eigenvalue weighted by molar-refractivity contribution is -0.384. The molecule has 4 rings (SSSR count). The zero-order chi connectivity index (χ0) is 21.8. The number of phenols is 1. The fourth-order valence-corrected chi connectivity index (χ4v) is 3.33. The van der Waals surface area contributed by atoms with E-state index in [9.17, 15) is 20.0 Å². The number of nitro benzene ring substituents is 1. The van der Waals surface area contributed by atoms with Gasteiger partial charge in [0, 0.05) is 41.3 Å². The molecule has 0 saturated heterocycles. The Labute approximate surface area is 177 Å². The third-order valence-corrected chi connectivity index (χ3v) is 4.82. The maximum Gasteiger partial charge on any atom is 0.275 e. The normalized spacial score (nSPS) is 11.1. The molecular weight excluding hydrogens is 396 g/mol. The van der Waals surface area contributed by atoms with Crippen molar-refractivity contribution in [2.75, 3.05) is 0 Å². The van der Waals surface area contributed by atoms with Gasteiger partial charge < -0.3 is 9.67 Å². The number of aromatic hydroxyl groups is 1. The topological polar surface area (TPSA) is 110 Å². The van der Waals surface area contributed by atoms with E-state index in [0.29, 0.717) is 6.54 Å². The molecule has 1 aromatic heterocycles. The number of nitrogens with zero attached hydrogens (tertiary/aromatic N) is 3. The lowest BCUT2D eigenvalue weighted by Crippen LogP contribution is -2.17. The van der Waals surface area contributed by atoms with Crippen molar-refractivity contribution in [3.8, 4) is 5.75 Å². The maximum atomic E-state index is 12.3. The lowest BCUT2D eigenvalue weighted by atomic mass is 10.1. The van der Waals surface area contributed by atoms with E-state index >= 15 is 0 Å². The second-order valence-electron chi connectivity index (χ2n) is 6.87. The first-order chi connectivity index (χ1) is 15.0. The molecule has 3 aromatic carbocycles. The fraction of sp³-hybridized carbons (Fsp3) is 0.0435. The molecule has 0 aliphatic rings. The number of benzene rings is 3. The Balaban J connectivity index is 1.57. The van der Waals surface area contributed by atoms with Gasteiger partial charge in [-0.15, -0.1) is 0 Å². The number of hydrazone groups is 1. The summed E-state index contributed by atoms with van der Waals surface area (Å²) in [5, 5.41) is 25.7. The van der Waals surface area contributed by atoms with Gasteiger partial charge in [0.15, 0.2) is 0 Å². The van der Waals surface area contributed by atoms with Crippen LogP contribution in [-0.4, -0.2) is 26.7 Å². The second-order valence-corrected chi connectivity index (χ2v) is 6.87. The number of carbonyl (C=O) groups is 1. The van der Waals surface area contributed by atoms with E-state index in [1.807, 2.05) is 60.8 Å². The van der Waals surface area contributed by atoms with Crippen molar-refractivity contribution in [3.63, 3.8) is 0 Å². The van der Waals surface area contributed by atoms with Crippen LogP contribution in [0.15, 0.2) is 84.1 Å². The van der Waals surface area contributed by atoms with Crippen LogP contribution in [0.4, 0.5) is 5.69 Å². The summed E-state index contributed by atoms with van der Waals surface area (Å²) in [6, 6.07) is 21.1. The number of para-hydroxylation sites is 1. The zero-order valence-corrected chi connectivity index (χ0v) is 16.3. The van der Waals surface area contributed by atoms with Gasteiger partial charge in [-0.1, -0.05) is 48.5 Å². The van der Waals surface area contributed by atoms with Gasteiger partial charge in [-0.25, -0.2) is 5.43 Å². The van der Waals surface area contributed by atoms with Crippen LogP contribution < -0.4 is 5.43 Å². The van der Waals surface area contributed by atoms with Gasteiger partial charge in [-0.05, 0) is 17.7 Å². The molecule has 0 bridgehead atoms. The van der Waals surface area contributed by atoms with Gasteiger partial charge in [-0.3, -0.25) is 14.9 Å². The molecule has 1 amide bonds. The van der Waals surface area contributed by atoms with Crippen LogP contribution in [0, 0.1) is 10.1 Å². The second kappa shape index (κ2) is 8.50. The average Bonchev–Trinajstić information content (AvgIpc) is 3.12.